The molecule has 1 aliphatic rings. The number of nitrogens with one attached hydrogen (secondary N) is 2. The summed E-state index contributed by atoms with van der Waals surface area (Å²) in [4.78, 5) is 42.6. The molecule has 0 amide bonds. The van der Waals surface area contributed by atoms with Crippen LogP contribution in [-0.4, -0.2) is 57.6 Å². The molecule has 4 aromatic heterocycles. The lowest BCUT2D eigenvalue weighted by molar-refractivity contribution is 0.252. The minimum Gasteiger partial charge on any atom is -0.371 e. The number of hydrogen-bond acceptors (Lipinski definition) is 8. The van der Waals surface area contributed by atoms with E-state index >= 15 is 0 Å². The van der Waals surface area contributed by atoms with Gasteiger partial charge in [0.05, 0.1) is 16.9 Å². The number of fused-ring (bicyclic) bond motifs is 2. The molecule has 0 radical (unpaired) electrons. The van der Waals surface area contributed by atoms with E-state index in [4.69, 9.17) is 4.98 Å². The maximum atomic E-state index is 12.6. The zero-order valence-corrected chi connectivity index (χ0v) is 19.8. The highest BCUT2D eigenvalue weighted by molar-refractivity contribution is 7.18. The van der Waals surface area contributed by atoms with Crippen molar-refractivity contribution < 1.29 is 0 Å². The van der Waals surface area contributed by atoms with Gasteiger partial charge in [0.15, 0.2) is 5.82 Å². The first kappa shape index (κ1) is 21.6. The maximum absolute atomic E-state index is 12.6. The summed E-state index contributed by atoms with van der Waals surface area (Å²) in [6.45, 7) is 8.64. The van der Waals surface area contributed by atoms with Gasteiger partial charge in [0.25, 0.3) is 5.56 Å². The van der Waals surface area contributed by atoms with E-state index < -0.39 is 0 Å². The Labute approximate surface area is 194 Å². The summed E-state index contributed by atoms with van der Waals surface area (Å²) in [6.07, 6.45) is 1.81. The van der Waals surface area contributed by atoms with Crippen LogP contribution in [0.15, 0.2) is 34.0 Å². The third-order valence-electron chi connectivity index (χ3n) is 6.25. The topological polar surface area (TPSA) is 99.2 Å². The fraction of sp³-hybridized carbons (Fsp3) is 0.391. The van der Waals surface area contributed by atoms with Crippen molar-refractivity contribution in [1.82, 2.24) is 24.4 Å². The largest absolute Gasteiger partial charge is 0.371 e. The zero-order valence-electron chi connectivity index (χ0n) is 19.0. The van der Waals surface area contributed by atoms with E-state index in [9.17, 15) is 9.59 Å². The monoisotopic (exact) mass is 465 g/mol. The Morgan fingerprint density at radius 1 is 1.18 bits per heavy atom. The molecule has 9 nitrogen and oxygen atoms in total. The molecule has 0 saturated carbocycles. The number of aryl methyl sites for hydroxylation is 1. The van der Waals surface area contributed by atoms with Crippen LogP contribution in [0.3, 0.4) is 0 Å². The van der Waals surface area contributed by atoms with Crippen LogP contribution in [0, 0.1) is 6.92 Å². The van der Waals surface area contributed by atoms with Gasteiger partial charge in [-0.3, -0.25) is 14.3 Å². The van der Waals surface area contributed by atoms with Gasteiger partial charge in [-0.2, -0.15) is 0 Å². The van der Waals surface area contributed by atoms with Gasteiger partial charge in [0.2, 0.25) is 0 Å². The Balaban J connectivity index is 1.32. The Kier molecular flexibility index (Phi) is 5.63. The maximum Gasteiger partial charge on any atom is 0.328 e. The number of pyridine rings is 2. The van der Waals surface area contributed by atoms with Crippen molar-refractivity contribution >= 4 is 44.0 Å². The van der Waals surface area contributed by atoms with E-state index in [1.165, 1.54) is 15.9 Å². The minimum atomic E-state index is -0.343. The Morgan fingerprint density at radius 3 is 2.70 bits per heavy atom. The minimum absolute atomic E-state index is 0.201. The molecule has 0 aromatic carbocycles. The molecule has 5 heterocycles. The SMILES string of the molecule is CCn1c(=O)[nH]c2cc(CN3CCN(c4cc5ccnc(NC)c5nc4C)CC3)sc2c1=O. The van der Waals surface area contributed by atoms with Crippen LogP contribution in [0.1, 0.15) is 17.5 Å². The van der Waals surface area contributed by atoms with Crippen LogP contribution in [-0.2, 0) is 13.1 Å². The molecular formula is C23H27N7O2S. The van der Waals surface area contributed by atoms with E-state index in [-0.39, 0.29) is 11.2 Å². The van der Waals surface area contributed by atoms with Crippen molar-refractivity contribution in [2.75, 3.05) is 43.4 Å². The summed E-state index contributed by atoms with van der Waals surface area (Å²) in [5, 5.41) is 4.19. The smallest absolute Gasteiger partial charge is 0.328 e. The first-order valence-electron chi connectivity index (χ1n) is 11.2. The van der Waals surface area contributed by atoms with Crippen LogP contribution in [0.2, 0.25) is 0 Å². The molecule has 2 N–H and O–H groups in total. The normalized spacial score (nSPS) is 14.9. The number of H-pyrrole nitrogens is 1. The number of aromatic nitrogens is 4. The third kappa shape index (κ3) is 3.89. The highest BCUT2D eigenvalue weighted by Gasteiger charge is 2.21. The van der Waals surface area contributed by atoms with Crippen molar-refractivity contribution in [2.24, 2.45) is 0 Å². The molecule has 0 unspecified atom stereocenters. The number of aromatic amines is 1. The average Bonchev–Trinajstić information content (AvgIpc) is 3.21. The van der Waals surface area contributed by atoms with Gasteiger partial charge >= 0.3 is 5.69 Å². The molecule has 33 heavy (non-hydrogen) atoms. The second-order valence-electron chi connectivity index (χ2n) is 8.27. The summed E-state index contributed by atoms with van der Waals surface area (Å²) in [5.41, 5.74) is 3.15. The van der Waals surface area contributed by atoms with Gasteiger partial charge in [-0.25, -0.2) is 14.8 Å². The highest BCUT2D eigenvalue weighted by Crippen LogP contribution is 2.28. The number of nitrogens with zero attached hydrogens (tertiary/aromatic N) is 5. The van der Waals surface area contributed by atoms with Crippen LogP contribution in [0.25, 0.3) is 21.1 Å². The molecule has 0 atom stereocenters. The Morgan fingerprint density at radius 2 is 1.97 bits per heavy atom. The molecule has 1 fully saturated rings. The molecule has 172 valence electrons. The lowest BCUT2D eigenvalue weighted by atomic mass is 10.1. The Bertz CT molecular complexity index is 1450. The molecule has 1 aliphatic heterocycles. The molecule has 0 spiro atoms. The number of rotatable bonds is 5. The second-order valence-corrected chi connectivity index (χ2v) is 9.41. The van der Waals surface area contributed by atoms with E-state index in [2.05, 4.69) is 38.1 Å². The van der Waals surface area contributed by atoms with Gasteiger partial charge in [0.1, 0.15) is 10.2 Å². The van der Waals surface area contributed by atoms with E-state index in [0.717, 1.165) is 65.7 Å². The van der Waals surface area contributed by atoms with Gasteiger partial charge in [-0.1, -0.05) is 0 Å². The summed E-state index contributed by atoms with van der Waals surface area (Å²) in [6, 6.07) is 6.15. The zero-order chi connectivity index (χ0) is 23.1. The van der Waals surface area contributed by atoms with Crippen molar-refractivity contribution in [2.45, 2.75) is 26.9 Å². The van der Waals surface area contributed by atoms with E-state index in [0.29, 0.717) is 16.8 Å². The quantitative estimate of drug-likeness (QED) is 0.467. The van der Waals surface area contributed by atoms with Crippen molar-refractivity contribution in [1.29, 1.82) is 0 Å². The first-order chi connectivity index (χ1) is 16.0. The average molecular weight is 466 g/mol. The number of hydrogen-bond donors (Lipinski definition) is 2. The second kappa shape index (κ2) is 8.60. The molecule has 0 aliphatic carbocycles. The van der Waals surface area contributed by atoms with E-state index in [1.807, 2.05) is 19.2 Å². The third-order valence-corrected chi connectivity index (χ3v) is 7.36. The standard InChI is InChI=1S/C23H27N7O2S/c1-4-30-22(31)20-17(27-23(30)32)12-16(33-20)13-28-7-9-29(10-8-28)18-11-15-5-6-25-21(24-3)19(15)26-14(18)2/h5-6,11-12H,4,7-10,13H2,1-3H3,(H,24,25)(H,27,32). The number of piperazine rings is 1. The summed E-state index contributed by atoms with van der Waals surface area (Å²) in [5.74, 6) is 0.794. The molecule has 4 aromatic rings. The predicted octanol–water partition coefficient (Wildman–Crippen LogP) is 2.39. The van der Waals surface area contributed by atoms with Gasteiger partial charge in [0, 0.05) is 62.8 Å². The van der Waals surface area contributed by atoms with Gasteiger partial charge in [-0.05, 0) is 32.0 Å². The highest BCUT2D eigenvalue weighted by atomic mass is 32.1. The van der Waals surface area contributed by atoms with Gasteiger partial charge in [-0.15, -0.1) is 11.3 Å². The van der Waals surface area contributed by atoms with Crippen LogP contribution in [0.5, 0.6) is 0 Å². The Hall–Kier alpha value is -3.24. The lowest BCUT2D eigenvalue weighted by Crippen LogP contribution is -2.46. The van der Waals surface area contributed by atoms with Crippen molar-refractivity contribution in [3.8, 4) is 0 Å². The first-order valence-corrected chi connectivity index (χ1v) is 12.0. The fourth-order valence-electron chi connectivity index (χ4n) is 4.51. The molecule has 0 bridgehead atoms. The number of thiophene rings is 1. The van der Waals surface area contributed by atoms with Crippen molar-refractivity contribution in [3.05, 3.63) is 55.8 Å². The molecule has 10 heteroatoms. The van der Waals surface area contributed by atoms with E-state index in [1.54, 1.807) is 13.1 Å². The van der Waals surface area contributed by atoms with Crippen LogP contribution < -0.4 is 21.5 Å². The molecule has 5 rings (SSSR count). The number of anilines is 2. The fourth-order valence-corrected chi connectivity index (χ4v) is 5.61. The summed E-state index contributed by atoms with van der Waals surface area (Å²) in [7, 11) is 1.86. The molecule has 1 saturated heterocycles. The molecular weight excluding hydrogens is 438 g/mol. The predicted molar refractivity (Wildman–Crippen MR) is 134 cm³/mol. The lowest BCUT2D eigenvalue weighted by Gasteiger charge is -2.36. The van der Waals surface area contributed by atoms with Gasteiger partial charge < -0.3 is 15.2 Å². The van der Waals surface area contributed by atoms with Crippen LogP contribution >= 0.6 is 11.3 Å². The summed E-state index contributed by atoms with van der Waals surface area (Å²) < 4.78 is 1.87. The van der Waals surface area contributed by atoms with Crippen molar-refractivity contribution in [3.63, 3.8) is 0 Å². The van der Waals surface area contributed by atoms with Crippen LogP contribution in [0.4, 0.5) is 11.5 Å². The summed E-state index contributed by atoms with van der Waals surface area (Å²) >= 11 is 1.48.